The molecule has 2 saturated heterocycles. The third kappa shape index (κ3) is 10.9. The van der Waals surface area contributed by atoms with Crippen molar-refractivity contribution in [3.63, 3.8) is 0 Å². The second kappa shape index (κ2) is 13.4. The van der Waals surface area contributed by atoms with Crippen LogP contribution in [-0.2, 0) is 20.9 Å². The van der Waals surface area contributed by atoms with Crippen LogP contribution in [0.5, 0.6) is 0 Å². The van der Waals surface area contributed by atoms with Gasteiger partial charge in [-0.2, -0.15) is 26.3 Å². The quantitative estimate of drug-likeness (QED) is 0.546. The summed E-state index contributed by atoms with van der Waals surface area (Å²) in [7, 11) is 0. The van der Waals surface area contributed by atoms with E-state index in [2.05, 4.69) is 15.0 Å². The monoisotopic (exact) mass is 547 g/mol. The highest BCUT2D eigenvalue weighted by atomic mass is 19.4. The zero-order valence-corrected chi connectivity index (χ0v) is 20.2. The van der Waals surface area contributed by atoms with Gasteiger partial charge < -0.3 is 24.4 Å². The fourth-order valence-corrected chi connectivity index (χ4v) is 4.62. The molecule has 9 nitrogen and oxygen atoms in total. The Balaban J connectivity index is 0.000000286. The van der Waals surface area contributed by atoms with Crippen molar-refractivity contribution in [2.24, 2.45) is 11.8 Å². The predicted molar refractivity (Wildman–Crippen MR) is 116 cm³/mol. The molecule has 37 heavy (non-hydrogen) atoms. The molecule has 3 heterocycles. The van der Waals surface area contributed by atoms with Gasteiger partial charge in [-0.1, -0.05) is 18.0 Å². The second-order valence-electron chi connectivity index (χ2n) is 9.31. The first kappa shape index (κ1) is 30.8. The van der Waals surface area contributed by atoms with E-state index in [1.165, 1.54) is 38.8 Å². The Bertz CT molecular complexity index is 848. The summed E-state index contributed by atoms with van der Waals surface area (Å²) >= 11 is 0. The van der Waals surface area contributed by atoms with Crippen molar-refractivity contribution in [2.45, 2.75) is 57.6 Å². The third-order valence-electron chi connectivity index (χ3n) is 6.23. The molecule has 0 bridgehead atoms. The first-order valence-corrected chi connectivity index (χ1v) is 11.7. The van der Waals surface area contributed by atoms with Gasteiger partial charge in [-0.25, -0.2) is 9.59 Å². The van der Waals surface area contributed by atoms with Crippen LogP contribution in [0, 0.1) is 18.8 Å². The van der Waals surface area contributed by atoms with Crippen molar-refractivity contribution < 1.29 is 55.4 Å². The smallest absolute Gasteiger partial charge is 0.475 e. The van der Waals surface area contributed by atoms with Crippen LogP contribution in [0.15, 0.2) is 10.6 Å². The molecule has 0 unspecified atom stereocenters. The van der Waals surface area contributed by atoms with Crippen molar-refractivity contribution in [1.82, 2.24) is 15.0 Å². The molecule has 0 aromatic carbocycles. The molecule has 1 aromatic heterocycles. The zero-order chi connectivity index (χ0) is 27.8. The molecule has 2 aliphatic heterocycles. The molecule has 15 heteroatoms. The van der Waals surface area contributed by atoms with Crippen molar-refractivity contribution in [2.75, 3.05) is 39.3 Å². The highest BCUT2D eigenvalue weighted by Crippen LogP contribution is 2.29. The zero-order valence-electron chi connectivity index (χ0n) is 20.2. The van der Waals surface area contributed by atoms with E-state index in [0.29, 0.717) is 12.0 Å². The number of alkyl halides is 6. The minimum Gasteiger partial charge on any atom is -0.475 e. The van der Waals surface area contributed by atoms with Gasteiger partial charge in [0.15, 0.2) is 0 Å². The van der Waals surface area contributed by atoms with E-state index in [1.54, 1.807) is 0 Å². The summed E-state index contributed by atoms with van der Waals surface area (Å²) in [6.07, 6.45) is -4.03. The Kier molecular flexibility index (Phi) is 11.2. The Labute approximate surface area is 209 Å². The largest absolute Gasteiger partial charge is 0.490 e. The summed E-state index contributed by atoms with van der Waals surface area (Å²) in [6.45, 7) is 9.50. The first-order chi connectivity index (χ1) is 17.1. The van der Waals surface area contributed by atoms with E-state index in [1.807, 2.05) is 13.0 Å². The number of carbonyl (C=O) groups is 2. The Morgan fingerprint density at radius 1 is 1.00 bits per heavy atom. The number of fused-ring (bicyclic) bond motifs is 1. The number of aryl methyl sites for hydroxylation is 1. The average Bonchev–Trinajstić information content (AvgIpc) is 3.48. The molecule has 0 radical (unpaired) electrons. The molecule has 1 saturated carbocycles. The molecule has 0 amide bonds. The predicted octanol–water partition coefficient (Wildman–Crippen LogP) is 3.57. The Hall–Kier alpha value is -2.39. The molecule has 3 aliphatic rings. The summed E-state index contributed by atoms with van der Waals surface area (Å²) in [6, 6.07) is 2.04. The number of halogens is 6. The molecular weight excluding hydrogens is 516 g/mol. The number of aromatic nitrogens is 1. The van der Waals surface area contributed by atoms with Gasteiger partial charge in [-0.15, -0.1) is 0 Å². The van der Waals surface area contributed by atoms with Crippen LogP contribution in [0.1, 0.15) is 37.1 Å². The molecule has 4 rings (SSSR count). The lowest BCUT2D eigenvalue weighted by molar-refractivity contribution is -0.193. The summed E-state index contributed by atoms with van der Waals surface area (Å²) in [4.78, 5) is 22.9. The van der Waals surface area contributed by atoms with E-state index in [-0.39, 0.29) is 0 Å². The molecule has 0 spiro atoms. The number of likely N-dealkylation sites (tertiary alicyclic amines) is 1. The van der Waals surface area contributed by atoms with Gasteiger partial charge in [0.25, 0.3) is 0 Å². The number of rotatable bonds is 4. The van der Waals surface area contributed by atoms with Gasteiger partial charge in [0.05, 0.1) is 18.4 Å². The number of hydrogen-bond donors (Lipinski definition) is 2. The standard InChI is InChI=1S/C18H29N3O2.2C2HF3O2/c1-14-8-17(19-23-14)12-21-11-16-10-20(6-7-22-18(16)13-21)9-15-4-2-3-5-15;2*3-2(4,5)1(6)7/h8,15-16,18H,2-7,9-13H2,1H3;2*(H,6,7)/t16-,18+;;/m0../s1. The molecule has 1 aliphatic carbocycles. The van der Waals surface area contributed by atoms with Crippen LogP contribution in [0.3, 0.4) is 0 Å². The van der Waals surface area contributed by atoms with Crippen LogP contribution in [0.2, 0.25) is 0 Å². The summed E-state index contributed by atoms with van der Waals surface area (Å²) < 4.78 is 74.8. The van der Waals surface area contributed by atoms with Gasteiger partial charge >= 0.3 is 24.3 Å². The average molecular weight is 547 g/mol. The van der Waals surface area contributed by atoms with Gasteiger partial charge in [0, 0.05) is 51.3 Å². The van der Waals surface area contributed by atoms with E-state index < -0.39 is 24.3 Å². The number of hydrogen-bond acceptors (Lipinski definition) is 7. The van der Waals surface area contributed by atoms with E-state index in [0.717, 1.165) is 50.2 Å². The van der Waals surface area contributed by atoms with Gasteiger partial charge in [-0.3, -0.25) is 4.90 Å². The highest BCUT2D eigenvalue weighted by Gasteiger charge is 2.39. The maximum atomic E-state index is 10.6. The van der Waals surface area contributed by atoms with E-state index in [9.17, 15) is 26.3 Å². The molecule has 2 atom stereocenters. The fraction of sp³-hybridized carbons (Fsp3) is 0.773. The normalized spacial score (nSPS) is 23.3. The topological polar surface area (TPSA) is 116 Å². The van der Waals surface area contributed by atoms with Crippen molar-refractivity contribution in [1.29, 1.82) is 0 Å². The van der Waals surface area contributed by atoms with Crippen LogP contribution in [-0.4, -0.2) is 94.9 Å². The van der Waals surface area contributed by atoms with Crippen LogP contribution < -0.4 is 0 Å². The van der Waals surface area contributed by atoms with Crippen molar-refractivity contribution >= 4 is 11.9 Å². The summed E-state index contributed by atoms with van der Waals surface area (Å²) in [5.41, 5.74) is 1.04. The fourth-order valence-electron chi connectivity index (χ4n) is 4.62. The number of nitrogens with zero attached hydrogens (tertiary/aromatic N) is 3. The van der Waals surface area contributed by atoms with Crippen LogP contribution >= 0.6 is 0 Å². The Morgan fingerprint density at radius 3 is 2.03 bits per heavy atom. The summed E-state index contributed by atoms with van der Waals surface area (Å²) in [5.74, 6) is -3.04. The van der Waals surface area contributed by atoms with Crippen LogP contribution in [0.25, 0.3) is 0 Å². The number of carboxylic acid groups (broad SMARTS) is 2. The number of carboxylic acids is 2. The van der Waals surface area contributed by atoms with E-state index in [4.69, 9.17) is 29.1 Å². The molecule has 212 valence electrons. The van der Waals surface area contributed by atoms with E-state index >= 15 is 0 Å². The maximum absolute atomic E-state index is 10.6. The lowest BCUT2D eigenvalue weighted by Crippen LogP contribution is -2.35. The SMILES string of the molecule is Cc1cc(CN2C[C@@H]3CN(CC4CCCC4)CCO[C@@H]3C2)no1.O=C(O)C(F)(F)F.O=C(O)C(F)(F)F. The lowest BCUT2D eigenvalue weighted by atomic mass is 10.0. The first-order valence-electron chi connectivity index (χ1n) is 11.7. The number of ether oxygens (including phenoxy) is 1. The van der Waals surface area contributed by atoms with Gasteiger partial charge in [0.1, 0.15) is 5.76 Å². The van der Waals surface area contributed by atoms with Gasteiger partial charge in [0.2, 0.25) is 0 Å². The second-order valence-corrected chi connectivity index (χ2v) is 9.31. The molecular formula is C22H31F6N3O6. The maximum Gasteiger partial charge on any atom is 0.490 e. The minimum atomic E-state index is -5.08. The lowest BCUT2D eigenvalue weighted by Gasteiger charge is -2.26. The van der Waals surface area contributed by atoms with Crippen molar-refractivity contribution in [3.05, 3.63) is 17.5 Å². The number of aliphatic carboxylic acids is 2. The van der Waals surface area contributed by atoms with Gasteiger partial charge in [-0.05, 0) is 25.7 Å². The summed E-state index contributed by atoms with van der Waals surface area (Å²) in [5, 5.41) is 18.4. The highest BCUT2D eigenvalue weighted by molar-refractivity contribution is 5.73. The minimum absolute atomic E-state index is 0.400. The van der Waals surface area contributed by atoms with Crippen molar-refractivity contribution in [3.8, 4) is 0 Å². The van der Waals surface area contributed by atoms with Crippen LogP contribution in [0.4, 0.5) is 26.3 Å². The third-order valence-corrected chi connectivity index (χ3v) is 6.23. The molecule has 1 aromatic rings. The Morgan fingerprint density at radius 2 is 1.54 bits per heavy atom. The molecule has 2 N–H and O–H groups in total. The molecule has 3 fully saturated rings.